The van der Waals surface area contributed by atoms with Gasteiger partial charge in [-0.05, 0) is 31.2 Å². The quantitative estimate of drug-likeness (QED) is 0.486. The molecule has 6 nitrogen and oxygen atoms in total. The highest BCUT2D eigenvalue weighted by Gasteiger charge is 2.13. The van der Waals surface area contributed by atoms with Gasteiger partial charge in [0.05, 0.1) is 13.4 Å². The largest absolute Gasteiger partial charge is 0.516 e. The maximum Gasteiger partial charge on any atom is 0.197 e. The molecule has 0 saturated carbocycles. The number of aromatic hydroxyl groups is 1. The van der Waals surface area contributed by atoms with Crippen LogP contribution in [0.2, 0.25) is 0 Å². The molecule has 0 aliphatic carbocycles. The molecule has 0 amide bonds. The van der Waals surface area contributed by atoms with Gasteiger partial charge in [0.2, 0.25) is 0 Å². The summed E-state index contributed by atoms with van der Waals surface area (Å²) in [4.78, 5) is 12.3. The number of benzene rings is 2. The van der Waals surface area contributed by atoms with E-state index in [2.05, 4.69) is 6.58 Å². The van der Waals surface area contributed by atoms with Gasteiger partial charge in [-0.2, -0.15) is 0 Å². The summed E-state index contributed by atoms with van der Waals surface area (Å²) in [6.45, 7) is 5.61. The van der Waals surface area contributed by atoms with Gasteiger partial charge in [-0.1, -0.05) is 18.7 Å². The van der Waals surface area contributed by atoms with Gasteiger partial charge in [0, 0.05) is 23.8 Å². The normalized spacial score (nSPS) is 10.4. The third-order valence-corrected chi connectivity index (χ3v) is 3.67. The summed E-state index contributed by atoms with van der Waals surface area (Å²) in [6, 6.07) is 11.5. The molecule has 0 bridgehead atoms. The molecule has 0 spiro atoms. The van der Waals surface area contributed by atoms with Gasteiger partial charge in [0.15, 0.2) is 5.43 Å². The van der Waals surface area contributed by atoms with Crippen LogP contribution >= 0.6 is 0 Å². The van der Waals surface area contributed by atoms with Crippen LogP contribution in [0.3, 0.4) is 0 Å². The van der Waals surface area contributed by atoms with E-state index in [0.29, 0.717) is 17.3 Å². The molecule has 0 aliphatic heterocycles. The predicted molar refractivity (Wildman–Crippen MR) is 109 cm³/mol. The van der Waals surface area contributed by atoms with Crippen LogP contribution in [-0.2, 0) is 0 Å². The number of ether oxygens (including phenoxy) is 2. The molecular formula is C22H22O6. The number of aliphatic hydroxyl groups is 1. The number of aliphatic hydroxyl groups excluding tert-OH is 1. The summed E-state index contributed by atoms with van der Waals surface area (Å²) in [7, 11) is 1.58. The van der Waals surface area contributed by atoms with E-state index >= 15 is 0 Å². The standard InChI is InChI=1S/C19H16O5.C3H6O/c1-3-8-23-14-9-15(20)19-16(21)11-17(24-18(19)10-14)12-4-6-13(22-2)7-5-12;1-2-3-4/h3-7,9-11,20H,1,8H2,2H3;2-4H,1H3. The number of phenols is 1. The summed E-state index contributed by atoms with van der Waals surface area (Å²) in [5.74, 6) is 1.33. The second kappa shape index (κ2) is 9.87. The number of phenolic OH excluding ortho intramolecular Hbond substituents is 1. The Balaban J connectivity index is 0.000000640. The third-order valence-electron chi connectivity index (χ3n) is 3.67. The lowest BCUT2D eigenvalue weighted by atomic mass is 10.1. The van der Waals surface area contributed by atoms with Crippen molar-refractivity contribution in [2.75, 3.05) is 13.7 Å². The van der Waals surface area contributed by atoms with Gasteiger partial charge in [-0.15, -0.1) is 0 Å². The topological polar surface area (TPSA) is 89.1 Å². The second-order valence-corrected chi connectivity index (χ2v) is 5.60. The van der Waals surface area contributed by atoms with Gasteiger partial charge in [-0.25, -0.2) is 0 Å². The van der Waals surface area contributed by atoms with E-state index in [9.17, 15) is 9.90 Å². The zero-order valence-electron chi connectivity index (χ0n) is 15.7. The molecule has 0 radical (unpaired) electrons. The molecule has 0 fully saturated rings. The van der Waals surface area contributed by atoms with E-state index in [-0.39, 0.29) is 28.8 Å². The van der Waals surface area contributed by atoms with Crippen molar-refractivity contribution in [1.29, 1.82) is 0 Å². The van der Waals surface area contributed by atoms with E-state index in [1.54, 1.807) is 56.5 Å². The molecule has 0 aliphatic rings. The van der Waals surface area contributed by atoms with Crippen LogP contribution < -0.4 is 14.9 Å². The molecule has 0 saturated heterocycles. The van der Waals surface area contributed by atoms with Gasteiger partial charge < -0.3 is 24.1 Å². The minimum Gasteiger partial charge on any atom is -0.516 e. The SMILES string of the molecule is C=CCOc1cc(O)c2c(=O)cc(-c3ccc(OC)cc3)oc2c1.CC=CO. The van der Waals surface area contributed by atoms with E-state index in [0.717, 1.165) is 11.8 Å². The lowest BCUT2D eigenvalue weighted by Crippen LogP contribution is -2.02. The molecule has 2 N–H and O–H groups in total. The predicted octanol–water partition coefficient (Wildman–Crippen LogP) is 4.82. The number of hydrogen-bond donors (Lipinski definition) is 2. The van der Waals surface area contributed by atoms with Gasteiger partial charge in [0.1, 0.15) is 40.6 Å². The van der Waals surface area contributed by atoms with Crippen LogP contribution in [0.5, 0.6) is 17.2 Å². The van der Waals surface area contributed by atoms with Gasteiger partial charge in [-0.3, -0.25) is 4.79 Å². The molecule has 146 valence electrons. The smallest absolute Gasteiger partial charge is 0.197 e. The fourth-order valence-electron chi connectivity index (χ4n) is 2.38. The Labute approximate surface area is 162 Å². The van der Waals surface area contributed by atoms with Crippen molar-refractivity contribution in [3.8, 4) is 28.6 Å². The fraction of sp³-hybridized carbons (Fsp3) is 0.136. The molecule has 3 rings (SSSR count). The first-order valence-corrected chi connectivity index (χ1v) is 8.48. The Morgan fingerprint density at radius 2 is 1.82 bits per heavy atom. The Morgan fingerprint density at radius 1 is 1.14 bits per heavy atom. The van der Waals surface area contributed by atoms with Crippen molar-refractivity contribution in [2.24, 2.45) is 0 Å². The Kier molecular flexibility index (Phi) is 7.28. The van der Waals surface area contributed by atoms with Crippen LogP contribution in [-0.4, -0.2) is 23.9 Å². The van der Waals surface area contributed by atoms with Crippen molar-refractivity contribution in [1.82, 2.24) is 0 Å². The maximum absolute atomic E-state index is 12.3. The second-order valence-electron chi connectivity index (χ2n) is 5.60. The number of hydrogen-bond acceptors (Lipinski definition) is 6. The van der Waals surface area contributed by atoms with Crippen LogP contribution in [0.15, 0.2) is 76.7 Å². The zero-order chi connectivity index (χ0) is 20.5. The average Bonchev–Trinajstić information content (AvgIpc) is 2.71. The lowest BCUT2D eigenvalue weighted by Gasteiger charge is -2.08. The monoisotopic (exact) mass is 382 g/mol. The average molecular weight is 382 g/mol. The first-order chi connectivity index (χ1) is 13.5. The van der Waals surface area contributed by atoms with Crippen LogP contribution in [0.4, 0.5) is 0 Å². The molecule has 2 aromatic carbocycles. The first kappa shape index (κ1) is 20.6. The van der Waals surface area contributed by atoms with E-state index in [1.807, 2.05) is 0 Å². The van der Waals surface area contributed by atoms with Gasteiger partial charge in [0.25, 0.3) is 0 Å². The maximum atomic E-state index is 12.3. The fourth-order valence-corrected chi connectivity index (χ4v) is 2.38. The number of rotatable bonds is 5. The number of allylic oxidation sites excluding steroid dienone is 1. The molecule has 6 heteroatoms. The summed E-state index contributed by atoms with van der Waals surface area (Å²) >= 11 is 0. The molecule has 28 heavy (non-hydrogen) atoms. The molecule has 1 heterocycles. The highest BCUT2D eigenvalue weighted by Crippen LogP contribution is 2.31. The van der Waals surface area contributed by atoms with Crippen LogP contribution in [0.25, 0.3) is 22.3 Å². The van der Waals surface area contributed by atoms with Crippen molar-refractivity contribution >= 4 is 11.0 Å². The van der Waals surface area contributed by atoms with Crippen LogP contribution in [0, 0.1) is 0 Å². The first-order valence-electron chi connectivity index (χ1n) is 8.48. The van der Waals surface area contributed by atoms with E-state index in [1.165, 1.54) is 12.1 Å². The minimum absolute atomic E-state index is 0.123. The Morgan fingerprint density at radius 3 is 2.39 bits per heavy atom. The molecule has 0 unspecified atom stereocenters. The highest BCUT2D eigenvalue weighted by molar-refractivity contribution is 5.86. The van der Waals surface area contributed by atoms with Crippen molar-refractivity contribution in [3.63, 3.8) is 0 Å². The Bertz CT molecular complexity index is 1010. The molecule has 1 aromatic heterocycles. The summed E-state index contributed by atoms with van der Waals surface area (Å²) < 4.78 is 16.3. The highest BCUT2D eigenvalue weighted by atomic mass is 16.5. The summed E-state index contributed by atoms with van der Waals surface area (Å²) in [6.07, 6.45) is 4.14. The number of methoxy groups -OCH3 is 1. The molecule has 3 aromatic rings. The van der Waals surface area contributed by atoms with Crippen molar-refractivity contribution in [2.45, 2.75) is 6.92 Å². The zero-order valence-corrected chi connectivity index (χ0v) is 15.7. The third kappa shape index (κ3) is 4.94. The lowest BCUT2D eigenvalue weighted by molar-refractivity contribution is 0.360. The van der Waals surface area contributed by atoms with Gasteiger partial charge >= 0.3 is 0 Å². The molecular weight excluding hydrogens is 360 g/mol. The number of fused-ring (bicyclic) bond motifs is 1. The van der Waals surface area contributed by atoms with Crippen LogP contribution in [0.1, 0.15) is 6.92 Å². The Hall–Kier alpha value is -3.67. The summed E-state index contributed by atoms with van der Waals surface area (Å²) in [5.41, 5.74) is 0.661. The van der Waals surface area contributed by atoms with E-state index < -0.39 is 0 Å². The molecule has 0 atom stereocenters. The van der Waals surface area contributed by atoms with Crippen molar-refractivity contribution < 1.29 is 24.1 Å². The van der Waals surface area contributed by atoms with E-state index in [4.69, 9.17) is 19.0 Å². The minimum atomic E-state index is -0.324. The summed E-state index contributed by atoms with van der Waals surface area (Å²) in [5, 5.41) is 17.9. The van der Waals surface area contributed by atoms with Crippen molar-refractivity contribution in [3.05, 3.63) is 77.7 Å².